The molecule has 160 valence electrons. The zero-order valence-corrected chi connectivity index (χ0v) is 16.3. The van der Waals surface area contributed by atoms with E-state index in [1.165, 1.54) is 12.1 Å². The fraction of sp³-hybridized carbons (Fsp3) is 0.333. The molecule has 0 unspecified atom stereocenters. The van der Waals surface area contributed by atoms with E-state index in [1.54, 1.807) is 30.3 Å². The van der Waals surface area contributed by atoms with Crippen LogP contribution in [0.1, 0.15) is 11.1 Å². The van der Waals surface area contributed by atoms with Crippen LogP contribution in [0.2, 0.25) is 0 Å². The lowest BCUT2D eigenvalue weighted by molar-refractivity contribution is -0.137. The smallest absolute Gasteiger partial charge is 0.308 e. The van der Waals surface area contributed by atoms with Crippen molar-refractivity contribution in [3.05, 3.63) is 65.7 Å². The predicted molar refractivity (Wildman–Crippen MR) is 107 cm³/mol. The Balaban J connectivity index is 1.41. The monoisotopic (exact) mass is 420 g/mol. The van der Waals surface area contributed by atoms with Gasteiger partial charge in [0.15, 0.2) is 0 Å². The Hall–Kier alpha value is -2.91. The molecule has 2 aromatic rings. The molecule has 2 N–H and O–H groups in total. The van der Waals surface area contributed by atoms with Gasteiger partial charge in [-0.3, -0.25) is 19.9 Å². The molecular formula is C21H23F3N4O2. The van der Waals surface area contributed by atoms with E-state index in [0.717, 1.165) is 6.07 Å². The quantitative estimate of drug-likeness (QED) is 0.780. The van der Waals surface area contributed by atoms with Crippen LogP contribution in [0.5, 0.6) is 0 Å². The van der Waals surface area contributed by atoms with Gasteiger partial charge in [-0.2, -0.15) is 13.2 Å². The minimum atomic E-state index is -4.35. The molecule has 0 radical (unpaired) electrons. The lowest BCUT2D eigenvalue weighted by Gasteiger charge is -2.34. The van der Waals surface area contributed by atoms with Gasteiger partial charge in [0.05, 0.1) is 12.1 Å². The Morgan fingerprint density at radius 1 is 0.900 bits per heavy atom. The van der Waals surface area contributed by atoms with Crippen LogP contribution >= 0.6 is 0 Å². The Bertz CT molecular complexity index is 866. The fourth-order valence-electron chi connectivity index (χ4n) is 3.26. The number of carbonyl (C=O) groups is 2. The summed E-state index contributed by atoms with van der Waals surface area (Å²) in [6, 6.07) is 13.5. The van der Waals surface area contributed by atoms with Crippen LogP contribution in [0, 0.1) is 0 Å². The summed E-state index contributed by atoms with van der Waals surface area (Å²) < 4.78 is 38.5. The molecular weight excluding hydrogens is 397 g/mol. The van der Waals surface area contributed by atoms with Crippen molar-refractivity contribution in [3.8, 4) is 0 Å². The first kappa shape index (κ1) is 21.8. The van der Waals surface area contributed by atoms with E-state index in [9.17, 15) is 22.8 Å². The van der Waals surface area contributed by atoms with Crippen molar-refractivity contribution in [2.75, 3.05) is 38.0 Å². The second-order valence-corrected chi connectivity index (χ2v) is 7.12. The molecule has 1 aliphatic rings. The van der Waals surface area contributed by atoms with Crippen molar-refractivity contribution < 1.29 is 22.8 Å². The maximum Gasteiger partial charge on any atom is 0.416 e. The van der Waals surface area contributed by atoms with Gasteiger partial charge in [0.1, 0.15) is 0 Å². The summed E-state index contributed by atoms with van der Waals surface area (Å²) in [4.78, 5) is 27.9. The summed E-state index contributed by atoms with van der Waals surface area (Å²) in [5.74, 6) is -0.408. The number of hydrogen-bond acceptors (Lipinski definition) is 4. The van der Waals surface area contributed by atoms with E-state index in [2.05, 4.69) is 10.6 Å². The first-order valence-corrected chi connectivity index (χ1v) is 9.56. The molecule has 1 fully saturated rings. The highest BCUT2D eigenvalue weighted by Crippen LogP contribution is 2.29. The van der Waals surface area contributed by atoms with Gasteiger partial charge in [0, 0.05) is 38.4 Å². The summed E-state index contributed by atoms with van der Waals surface area (Å²) in [5.41, 5.74) is 0.545. The number of nitrogens with one attached hydrogen (secondary N) is 2. The first-order chi connectivity index (χ1) is 14.3. The minimum absolute atomic E-state index is 0.0829. The second kappa shape index (κ2) is 9.73. The van der Waals surface area contributed by atoms with Crippen molar-refractivity contribution in [2.45, 2.75) is 12.7 Å². The number of carbonyl (C=O) groups excluding carboxylic acids is 2. The van der Waals surface area contributed by atoms with E-state index in [0.29, 0.717) is 44.0 Å². The van der Waals surface area contributed by atoms with Crippen LogP contribution < -0.4 is 10.6 Å². The van der Waals surface area contributed by atoms with Crippen LogP contribution in [-0.2, 0) is 17.5 Å². The average molecular weight is 420 g/mol. The number of rotatable bonds is 5. The summed E-state index contributed by atoms with van der Waals surface area (Å²) in [7, 11) is 0. The number of piperazine rings is 1. The van der Waals surface area contributed by atoms with Gasteiger partial charge in [-0.25, -0.2) is 4.79 Å². The van der Waals surface area contributed by atoms with Crippen molar-refractivity contribution in [1.29, 1.82) is 0 Å². The van der Waals surface area contributed by atoms with Gasteiger partial charge in [-0.15, -0.1) is 0 Å². The molecule has 0 aliphatic carbocycles. The molecule has 3 amide bonds. The molecule has 9 heteroatoms. The molecule has 3 rings (SSSR count). The molecule has 30 heavy (non-hydrogen) atoms. The SMILES string of the molecule is O=C(CN1CCN(Cc2cccc(C(F)(F)F)c2)CC1)NC(=O)Nc1ccccc1. The number of anilines is 1. The van der Waals surface area contributed by atoms with Gasteiger partial charge < -0.3 is 5.32 Å². The molecule has 6 nitrogen and oxygen atoms in total. The third-order valence-electron chi connectivity index (χ3n) is 4.78. The van der Waals surface area contributed by atoms with E-state index in [4.69, 9.17) is 0 Å². The van der Waals surface area contributed by atoms with E-state index in [-0.39, 0.29) is 6.54 Å². The third-order valence-corrected chi connectivity index (χ3v) is 4.78. The molecule has 0 bridgehead atoms. The lowest BCUT2D eigenvalue weighted by atomic mass is 10.1. The van der Waals surface area contributed by atoms with Gasteiger partial charge in [0.2, 0.25) is 5.91 Å². The van der Waals surface area contributed by atoms with Crippen LogP contribution in [0.4, 0.5) is 23.7 Å². The predicted octanol–water partition coefficient (Wildman–Crippen LogP) is 3.17. The Morgan fingerprint density at radius 2 is 1.57 bits per heavy atom. The van der Waals surface area contributed by atoms with Crippen LogP contribution in [-0.4, -0.2) is 54.5 Å². The number of amides is 3. The highest BCUT2D eigenvalue weighted by Gasteiger charge is 2.30. The zero-order chi connectivity index (χ0) is 21.6. The van der Waals surface area contributed by atoms with Crippen molar-refractivity contribution in [1.82, 2.24) is 15.1 Å². The van der Waals surface area contributed by atoms with Gasteiger partial charge in [0.25, 0.3) is 0 Å². The van der Waals surface area contributed by atoms with Gasteiger partial charge in [-0.1, -0.05) is 36.4 Å². The number of alkyl halides is 3. The van der Waals surface area contributed by atoms with Crippen molar-refractivity contribution in [2.24, 2.45) is 0 Å². The Kier molecular flexibility index (Phi) is 7.07. The number of para-hydroxylation sites is 1. The molecule has 0 saturated carbocycles. The average Bonchev–Trinajstić information content (AvgIpc) is 2.69. The largest absolute Gasteiger partial charge is 0.416 e. The van der Waals surface area contributed by atoms with E-state index < -0.39 is 23.7 Å². The topological polar surface area (TPSA) is 64.7 Å². The fourth-order valence-corrected chi connectivity index (χ4v) is 3.26. The zero-order valence-electron chi connectivity index (χ0n) is 16.3. The maximum absolute atomic E-state index is 12.8. The van der Waals surface area contributed by atoms with Crippen molar-refractivity contribution >= 4 is 17.6 Å². The molecule has 1 aliphatic heterocycles. The number of benzene rings is 2. The first-order valence-electron chi connectivity index (χ1n) is 9.56. The van der Waals surface area contributed by atoms with Gasteiger partial charge in [-0.05, 0) is 23.8 Å². The summed E-state index contributed by atoms with van der Waals surface area (Å²) in [6.45, 7) is 2.93. The number of halogens is 3. The molecule has 0 aromatic heterocycles. The molecule has 0 atom stereocenters. The lowest BCUT2D eigenvalue weighted by Crippen LogP contribution is -2.50. The summed E-state index contributed by atoms with van der Waals surface area (Å²) in [6.07, 6.45) is -4.35. The minimum Gasteiger partial charge on any atom is -0.308 e. The number of nitrogens with zero attached hydrogens (tertiary/aromatic N) is 2. The number of urea groups is 1. The number of hydrogen-bond donors (Lipinski definition) is 2. The number of imide groups is 1. The van der Waals surface area contributed by atoms with Crippen LogP contribution in [0.3, 0.4) is 0 Å². The summed E-state index contributed by atoms with van der Waals surface area (Å²) in [5, 5.41) is 4.88. The standard InChI is InChI=1S/C21H23F3N4O2/c22-21(23,24)17-6-4-5-16(13-17)14-27-9-11-28(12-10-27)15-19(29)26-20(30)25-18-7-2-1-3-8-18/h1-8,13H,9-12,14-15H2,(H2,25,26,29,30). The summed E-state index contributed by atoms with van der Waals surface area (Å²) >= 11 is 0. The van der Waals surface area contributed by atoms with Crippen LogP contribution in [0.25, 0.3) is 0 Å². The van der Waals surface area contributed by atoms with Crippen LogP contribution in [0.15, 0.2) is 54.6 Å². The second-order valence-electron chi connectivity index (χ2n) is 7.12. The van der Waals surface area contributed by atoms with Crippen molar-refractivity contribution in [3.63, 3.8) is 0 Å². The highest BCUT2D eigenvalue weighted by atomic mass is 19.4. The normalized spacial score (nSPS) is 15.6. The molecule has 0 spiro atoms. The molecule has 1 saturated heterocycles. The van der Waals surface area contributed by atoms with E-state index in [1.807, 2.05) is 15.9 Å². The Morgan fingerprint density at radius 3 is 2.23 bits per heavy atom. The maximum atomic E-state index is 12.8. The highest BCUT2D eigenvalue weighted by molar-refractivity contribution is 6.01. The molecule has 2 aromatic carbocycles. The van der Waals surface area contributed by atoms with Gasteiger partial charge >= 0.3 is 12.2 Å². The van der Waals surface area contributed by atoms with E-state index >= 15 is 0 Å². The Labute approximate surface area is 172 Å². The molecule has 1 heterocycles. The third kappa shape index (κ3) is 6.57.